The van der Waals surface area contributed by atoms with Gasteiger partial charge in [-0.15, -0.1) is 0 Å². The van der Waals surface area contributed by atoms with Gasteiger partial charge in [-0.3, -0.25) is 4.79 Å². The molecule has 130 valence electrons. The molecule has 1 N–H and O–H groups in total. The minimum absolute atomic E-state index is 0.101. The Kier molecular flexibility index (Phi) is 6.00. The average Bonchev–Trinajstić information content (AvgIpc) is 2.70. The van der Waals surface area contributed by atoms with E-state index < -0.39 is 0 Å². The van der Waals surface area contributed by atoms with E-state index in [4.69, 9.17) is 0 Å². The summed E-state index contributed by atoms with van der Waals surface area (Å²) in [6.45, 7) is 2.05. The molecular weight excluding hydrogens is 318 g/mol. The number of carbonyl (C=O) groups excluding carboxylic acids is 1. The summed E-state index contributed by atoms with van der Waals surface area (Å²) in [5, 5.41) is 3.39. The number of benzene rings is 3. The quantitative estimate of drug-likeness (QED) is 0.553. The highest BCUT2D eigenvalue weighted by atomic mass is 16.1. The number of rotatable bonds is 7. The highest BCUT2D eigenvalue weighted by Crippen LogP contribution is 2.16. The van der Waals surface area contributed by atoms with Crippen LogP contribution in [0.15, 0.2) is 91.0 Å². The van der Waals surface area contributed by atoms with Crippen LogP contribution in [0.1, 0.15) is 27.9 Å². The Morgan fingerprint density at radius 2 is 1.50 bits per heavy atom. The minimum Gasteiger partial charge on any atom is -0.375 e. The number of aryl methyl sites for hydroxylation is 1. The number of carbonyl (C=O) groups is 1. The number of ketones is 1. The van der Waals surface area contributed by atoms with Gasteiger partial charge < -0.3 is 5.32 Å². The zero-order valence-corrected chi connectivity index (χ0v) is 14.9. The predicted octanol–water partition coefficient (Wildman–Crippen LogP) is 5.76. The lowest BCUT2D eigenvalue weighted by Crippen LogP contribution is -2.29. The van der Waals surface area contributed by atoms with E-state index in [-0.39, 0.29) is 11.8 Å². The van der Waals surface area contributed by atoms with Crippen LogP contribution >= 0.6 is 0 Å². The van der Waals surface area contributed by atoms with Crippen LogP contribution in [0, 0.1) is 6.92 Å². The van der Waals surface area contributed by atoms with E-state index in [1.54, 1.807) is 0 Å². The van der Waals surface area contributed by atoms with Crippen molar-refractivity contribution in [2.75, 3.05) is 5.32 Å². The first-order valence-corrected chi connectivity index (χ1v) is 8.86. The zero-order valence-electron chi connectivity index (χ0n) is 14.9. The molecule has 0 heterocycles. The summed E-state index contributed by atoms with van der Waals surface area (Å²) >= 11 is 0. The molecule has 3 aromatic carbocycles. The molecule has 0 unspecified atom stereocenters. The fourth-order valence-electron chi connectivity index (χ4n) is 2.79. The zero-order chi connectivity index (χ0) is 18.2. The second kappa shape index (κ2) is 8.82. The van der Waals surface area contributed by atoms with Crippen LogP contribution in [0.4, 0.5) is 5.69 Å². The largest absolute Gasteiger partial charge is 0.375 e. The summed E-state index contributed by atoms with van der Waals surface area (Å²) in [4.78, 5) is 13.0. The van der Waals surface area contributed by atoms with Crippen LogP contribution in [-0.4, -0.2) is 11.8 Å². The summed E-state index contributed by atoms with van der Waals surface area (Å²) < 4.78 is 0. The molecular formula is C24H23NO. The van der Waals surface area contributed by atoms with Gasteiger partial charge in [-0.2, -0.15) is 0 Å². The molecule has 0 aliphatic heterocycles. The van der Waals surface area contributed by atoms with Crippen molar-refractivity contribution in [2.24, 2.45) is 0 Å². The van der Waals surface area contributed by atoms with Crippen molar-refractivity contribution in [1.29, 1.82) is 0 Å². The predicted molar refractivity (Wildman–Crippen MR) is 109 cm³/mol. The fraction of sp³-hybridized carbons (Fsp3) is 0.125. The van der Waals surface area contributed by atoms with E-state index >= 15 is 0 Å². The second-order valence-electron chi connectivity index (χ2n) is 6.34. The third-order valence-corrected chi connectivity index (χ3v) is 4.25. The Morgan fingerprint density at radius 1 is 0.885 bits per heavy atom. The SMILES string of the molecule is Cc1ccc(N[C@H](C/C=C/c2ccccc2)C(=O)c2ccccc2)cc1. The van der Waals surface area contributed by atoms with E-state index in [2.05, 4.69) is 36.5 Å². The van der Waals surface area contributed by atoms with E-state index in [1.165, 1.54) is 5.56 Å². The molecule has 0 aliphatic carbocycles. The van der Waals surface area contributed by atoms with Gasteiger partial charge in [0.1, 0.15) is 0 Å². The van der Waals surface area contributed by atoms with Crippen LogP contribution in [0.5, 0.6) is 0 Å². The molecule has 0 bridgehead atoms. The summed E-state index contributed by atoms with van der Waals surface area (Å²) in [5.74, 6) is 0.101. The molecule has 3 rings (SSSR count). The molecule has 26 heavy (non-hydrogen) atoms. The van der Waals surface area contributed by atoms with E-state index in [0.29, 0.717) is 6.42 Å². The van der Waals surface area contributed by atoms with Gasteiger partial charge in [-0.1, -0.05) is 90.5 Å². The Hall–Kier alpha value is -3.13. The van der Waals surface area contributed by atoms with Crippen LogP contribution < -0.4 is 5.32 Å². The van der Waals surface area contributed by atoms with Gasteiger partial charge in [-0.25, -0.2) is 0 Å². The van der Waals surface area contributed by atoms with Crippen LogP contribution in [-0.2, 0) is 0 Å². The van der Waals surface area contributed by atoms with Crippen molar-refractivity contribution in [2.45, 2.75) is 19.4 Å². The molecule has 0 fully saturated rings. The number of nitrogens with one attached hydrogen (secondary N) is 1. The first-order chi connectivity index (χ1) is 12.7. The van der Waals surface area contributed by atoms with Crippen LogP contribution in [0.2, 0.25) is 0 Å². The van der Waals surface area contributed by atoms with Gasteiger partial charge in [0.15, 0.2) is 5.78 Å². The molecule has 2 nitrogen and oxygen atoms in total. The third-order valence-electron chi connectivity index (χ3n) is 4.25. The summed E-state index contributed by atoms with van der Waals surface area (Å²) in [6.07, 6.45) is 4.74. The first-order valence-electron chi connectivity index (χ1n) is 8.86. The van der Waals surface area contributed by atoms with Crippen molar-refractivity contribution in [3.05, 3.63) is 108 Å². The van der Waals surface area contributed by atoms with Gasteiger partial charge in [0.05, 0.1) is 6.04 Å². The normalized spacial score (nSPS) is 12.0. The van der Waals surface area contributed by atoms with Gasteiger partial charge >= 0.3 is 0 Å². The maximum Gasteiger partial charge on any atom is 0.185 e. The molecule has 1 atom stereocenters. The van der Waals surface area contributed by atoms with Crippen LogP contribution in [0.25, 0.3) is 6.08 Å². The number of hydrogen-bond acceptors (Lipinski definition) is 2. The summed E-state index contributed by atoms with van der Waals surface area (Å²) in [5.41, 5.74) is 4.02. The molecule has 0 aromatic heterocycles. The molecule has 0 aliphatic rings. The highest BCUT2D eigenvalue weighted by Gasteiger charge is 2.18. The van der Waals surface area contributed by atoms with Gasteiger partial charge in [0, 0.05) is 11.3 Å². The Morgan fingerprint density at radius 3 is 2.15 bits per heavy atom. The fourth-order valence-corrected chi connectivity index (χ4v) is 2.79. The van der Waals surface area contributed by atoms with Gasteiger partial charge in [0.2, 0.25) is 0 Å². The molecule has 0 saturated carbocycles. The maximum absolute atomic E-state index is 13.0. The maximum atomic E-state index is 13.0. The molecule has 0 radical (unpaired) electrons. The number of anilines is 1. The monoisotopic (exact) mass is 341 g/mol. The lowest BCUT2D eigenvalue weighted by molar-refractivity contribution is 0.0970. The van der Waals surface area contributed by atoms with Crippen molar-refractivity contribution < 1.29 is 4.79 Å². The number of hydrogen-bond donors (Lipinski definition) is 1. The molecule has 3 aromatic rings. The van der Waals surface area contributed by atoms with Crippen molar-refractivity contribution in [1.82, 2.24) is 0 Å². The Balaban J connectivity index is 1.77. The molecule has 0 saturated heterocycles. The summed E-state index contributed by atoms with van der Waals surface area (Å²) in [6, 6.07) is 27.4. The molecule has 0 amide bonds. The molecule has 0 spiro atoms. The average molecular weight is 341 g/mol. The highest BCUT2D eigenvalue weighted by molar-refractivity contribution is 6.01. The topological polar surface area (TPSA) is 29.1 Å². The Bertz CT molecular complexity index is 852. The first kappa shape index (κ1) is 17.7. The smallest absolute Gasteiger partial charge is 0.185 e. The Labute approximate surface area is 155 Å². The minimum atomic E-state index is -0.305. The van der Waals surface area contributed by atoms with E-state index in [0.717, 1.165) is 16.8 Å². The summed E-state index contributed by atoms with van der Waals surface area (Å²) in [7, 11) is 0. The van der Waals surface area contributed by atoms with Crippen molar-refractivity contribution >= 4 is 17.5 Å². The van der Waals surface area contributed by atoms with Gasteiger partial charge in [0.25, 0.3) is 0 Å². The van der Waals surface area contributed by atoms with E-state index in [1.807, 2.05) is 72.8 Å². The van der Waals surface area contributed by atoms with Crippen molar-refractivity contribution in [3.8, 4) is 0 Å². The van der Waals surface area contributed by atoms with Crippen molar-refractivity contribution in [3.63, 3.8) is 0 Å². The second-order valence-corrected chi connectivity index (χ2v) is 6.34. The molecule has 2 heteroatoms. The van der Waals surface area contributed by atoms with Crippen LogP contribution in [0.3, 0.4) is 0 Å². The lowest BCUT2D eigenvalue weighted by atomic mass is 10.0. The standard InChI is InChI=1S/C24H23NO/c1-19-15-17-22(18-16-19)25-23(24(26)21-12-6-3-7-13-21)14-8-11-20-9-4-2-5-10-20/h2-13,15-18,23,25H,14H2,1H3/b11-8+/t23-/m1/s1. The lowest BCUT2D eigenvalue weighted by Gasteiger charge is -2.18. The van der Waals surface area contributed by atoms with E-state index in [9.17, 15) is 4.79 Å². The van der Waals surface area contributed by atoms with Gasteiger partial charge in [-0.05, 0) is 31.0 Å². The number of Topliss-reactive ketones (excluding diaryl/α,β-unsaturated/α-hetero) is 1. The third kappa shape index (κ3) is 4.93.